The highest BCUT2D eigenvalue weighted by Crippen LogP contribution is 2.33. The first kappa shape index (κ1) is 25.9. The van der Waals surface area contributed by atoms with E-state index in [4.69, 9.17) is 4.99 Å². The van der Waals surface area contributed by atoms with Gasteiger partial charge < -0.3 is 15.5 Å². The summed E-state index contributed by atoms with van der Waals surface area (Å²) in [4.78, 5) is 46.4. The minimum atomic E-state index is -0.504. The standard InChI is InChI=1S/C27H38N4O3S/c1-17-9-7-12-20(15-17)24(32)21-16-35-26(29-21)22-13-8-14-31(22)27(34)23(19-10-5-4-6-11-19)30-25(33)18(2)28-3/h7,9,12,15,18-19,21-23,28H,4-6,8,10-11,13-14,16H2,1-3H3,(H,30,33)/t18-,21?,22-,23-/m0/s1. The molecule has 0 aromatic heterocycles. The zero-order valence-electron chi connectivity index (χ0n) is 21.1. The molecule has 1 aliphatic carbocycles. The Morgan fingerprint density at radius 1 is 1.11 bits per heavy atom. The number of hydrogen-bond acceptors (Lipinski definition) is 6. The Balaban J connectivity index is 1.50. The number of rotatable bonds is 8. The van der Waals surface area contributed by atoms with Gasteiger partial charge in [-0.3, -0.25) is 19.4 Å². The molecule has 1 unspecified atom stereocenters. The summed E-state index contributed by atoms with van der Waals surface area (Å²) in [5.41, 5.74) is 1.75. The Bertz CT molecular complexity index is 975. The van der Waals surface area contributed by atoms with E-state index >= 15 is 0 Å². The second kappa shape index (κ2) is 11.7. The van der Waals surface area contributed by atoms with Crippen molar-refractivity contribution in [1.82, 2.24) is 15.5 Å². The van der Waals surface area contributed by atoms with Crippen LogP contribution in [0.25, 0.3) is 0 Å². The zero-order valence-corrected chi connectivity index (χ0v) is 21.9. The van der Waals surface area contributed by atoms with Gasteiger partial charge in [-0.1, -0.05) is 43.0 Å². The normalized spacial score (nSPS) is 24.7. The van der Waals surface area contributed by atoms with Crippen molar-refractivity contribution in [2.24, 2.45) is 10.9 Å². The van der Waals surface area contributed by atoms with Gasteiger partial charge in [-0.15, -0.1) is 11.8 Å². The molecule has 0 radical (unpaired) electrons. The lowest BCUT2D eigenvalue weighted by Gasteiger charge is -2.35. The predicted octanol–water partition coefficient (Wildman–Crippen LogP) is 3.36. The Morgan fingerprint density at radius 2 is 1.89 bits per heavy atom. The number of aryl methyl sites for hydroxylation is 1. The number of carbonyl (C=O) groups is 3. The third-order valence-electron chi connectivity index (χ3n) is 7.61. The minimum absolute atomic E-state index is 0.00723. The molecule has 4 rings (SSSR count). The van der Waals surface area contributed by atoms with Crippen molar-refractivity contribution < 1.29 is 14.4 Å². The van der Waals surface area contributed by atoms with Gasteiger partial charge in [-0.25, -0.2) is 0 Å². The van der Waals surface area contributed by atoms with Gasteiger partial charge in [0.1, 0.15) is 12.1 Å². The highest BCUT2D eigenvalue weighted by atomic mass is 32.2. The number of nitrogens with one attached hydrogen (secondary N) is 2. The van der Waals surface area contributed by atoms with Gasteiger partial charge >= 0.3 is 0 Å². The minimum Gasteiger partial charge on any atom is -0.343 e. The Hall–Kier alpha value is -2.19. The van der Waals surface area contributed by atoms with Crippen LogP contribution in [0.2, 0.25) is 0 Å². The van der Waals surface area contributed by atoms with Crippen LogP contribution in [-0.2, 0) is 9.59 Å². The predicted molar refractivity (Wildman–Crippen MR) is 141 cm³/mol. The van der Waals surface area contributed by atoms with E-state index in [-0.39, 0.29) is 35.6 Å². The maximum absolute atomic E-state index is 13.9. The number of ketones is 1. The quantitative estimate of drug-likeness (QED) is 0.537. The summed E-state index contributed by atoms with van der Waals surface area (Å²) < 4.78 is 0. The lowest BCUT2D eigenvalue weighted by molar-refractivity contribution is -0.138. The molecule has 190 valence electrons. The maximum Gasteiger partial charge on any atom is 0.246 e. The van der Waals surface area contributed by atoms with Gasteiger partial charge in [0.2, 0.25) is 11.8 Å². The lowest BCUT2D eigenvalue weighted by atomic mass is 9.83. The number of benzene rings is 1. The molecular weight excluding hydrogens is 460 g/mol. The van der Waals surface area contributed by atoms with Crippen molar-refractivity contribution in [2.45, 2.75) is 83.0 Å². The summed E-state index contributed by atoms with van der Waals surface area (Å²) in [5, 5.41) is 6.95. The molecule has 1 aromatic rings. The highest BCUT2D eigenvalue weighted by Gasteiger charge is 2.42. The van der Waals surface area contributed by atoms with Crippen LogP contribution in [0, 0.1) is 12.8 Å². The van der Waals surface area contributed by atoms with Crippen LogP contribution in [0.5, 0.6) is 0 Å². The summed E-state index contributed by atoms with van der Waals surface area (Å²) in [7, 11) is 1.75. The first-order valence-electron chi connectivity index (χ1n) is 13.0. The van der Waals surface area contributed by atoms with Crippen LogP contribution in [-0.4, -0.2) is 71.1 Å². The number of likely N-dealkylation sites (tertiary alicyclic amines) is 1. The second-order valence-corrected chi connectivity index (χ2v) is 11.2. The number of amides is 2. The van der Waals surface area contributed by atoms with Gasteiger partial charge in [0, 0.05) is 17.9 Å². The number of carbonyl (C=O) groups excluding carboxylic acids is 3. The third-order valence-corrected chi connectivity index (χ3v) is 8.77. The van der Waals surface area contributed by atoms with E-state index in [1.807, 2.05) is 43.0 Å². The Labute approximate surface area is 212 Å². The van der Waals surface area contributed by atoms with Crippen molar-refractivity contribution in [3.8, 4) is 0 Å². The summed E-state index contributed by atoms with van der Waals surface area (Å²) >= 11 is 1.60. The number of aliphatic imine (C=N–C) groups is 1. The van der Waals surface area contributed by atoms with E-state index < -0.39 is 12.1 Å². The fourth-order valence-corrected chi connectivity index (χ4v) is 6.62. The van der Waals surface area contributed by atoms with Crippen molar-refractivity contribution >= 4 is 34.4 Å². The molecule has 35 heavy (non-hydrogen) atoms. The molecule has 2 heterocycles. The zero-order chi connectivity index (χ0) is 24.9. The van der Waals surface area contributed by atoms with Gasteiger partial charge in [-0.05, 0) is 58.6 Å². The highest BCUT2D eigenvalue weighted by molar-refractivity contribution is 8.14. The van der Waals surface area contributed by atoms with Gasteiger partial charge in [0.25, 0.3) is 0 Å². The van der Waals surface area contributed by atoms with E-state index in [9.17, 15) is 14.4 Å². The topological polar surface area (TPSA) is 90.9 Å². The number of hydrogen-bond donors (Lipinski definition) is 2. The smallest absolute Gasteiger partial charge is 0.246 e. The van der Waals surface area contributed by atoms with Gasteiger partial charge in [0.15, 0.2) is 5.78 Å². The first-order chi connectivity index (χ1) is 16.9. The van der Waals surface area contributed by atoms with Crippen molar-refractivity contribution in [3.63, 3.8) is 0 Å². The van der Waals surface area contributed by atoms with Crippen LogP contribution in [0.15, 0.2) is 29.3 Å². The number of nitrogens with zero attached hydrogens (tertiary/aromatic N) is 2. The fraction of sp³-hybridized carbons (Fsp3) is 0.630. The summed E-state index contributed by atoms with van der Waals surface area (Å²) in [6, 6.07) is 6.28. The molecule has 1 saturated carbocycles. The SMILES string of the molecule is CN[C@@H](C)C(=O)N[C@H](C(=O)N1CCC[C@H]1C1=NC(C(=O)c2cccc(C)c2)CS1)C1CCCCC1. The molecule has 7 nitrogen and oxygen atoms in total. The molecule has 4 atom stereocenters. The number of Topliss-reactive ketones (excluding diaryl/α,β-unsaturated/α-hetero) is 1. The largest absolute Gasteiger partial charge is 0.343 e. The van der Waals surface area contributed by atoms with Crippen molar-refractivity contribution in [1.29, 1.82) is 0 Å². The third kappa shape index (κ3) is 5.97. The van der Waals surface area contributed by atoms with Crippen LogP contribution in [0.4, 0.5) is 0 Å². The van der Waals surface area contributed by atoms with Crippen LogP contribution < -0.4 is 10.6 Å². The first-order valence-corrected chi connectivity index (χ1v) is 14.0. The summed E-state index contributed by atoms with van der Waals surface area (Å²) in [6.07, 6.45) is 7.07. The number of thioether (sulfide) groups is 1. The molecule has 8 heteroatoms. The molecule has 0 spiro atoms. The van der Waals surface area contributed by atoms with E-state index in [1.165, 1.54) is 6.42 Å². The van der Waals surface area contributed by atoms with Crippen LogP contribution in [0.1, 0.15) is 67.8 Å². The van der Waals surface area contributed by atoms with E-state index in [0.717, 1.165) is 49.1 Å². The summed E-state index contributed by atoms with van der Waals surface area (Å²) in [5.74, 6) is 0.694. The number of likely N-dealkylation sites (N-methyl/N-ethyl adjacent to an activating group) is 1. The van der Waals surface area contributed by atoms with Gasteiger partial charge in [-0.2, -0.15) is 0 Å². The fourth-order valence-electron chi connectivity index (χ4n) is 5.42. The van der Waals surface area contributed by atoms with Crippen LogP contribution in [0.3, 0.4) is 0 Å². The molecule has 2 fully saturated rings. The molecule has 0 bridgehead atoms. The van der Waals surface area contributed by atoms with E-state index in [2.05, 4.69) is 10.6 Å². The molecular formula is C27H38N4O3S. The van der Waals surface area contributed by atoms with E-state index in [1.54, 1.807) is 18.8 Å². The molecule has 3 aliphatic rings. The molecule has 2 aliphatic heterocycles. The molecule has 2 amide bonds. The van der Waals surface area contributed by atoms with Gasteiger partial charge in [0.05, 0.1) is 17.1 Å². The average Bonchev–Trinajstić information content (AvgIpc) is 3.56. The molecule has 2 N–H and O–H groups in total. The Morgan fingerprint density at radius 3 is 2.60 bits per heavy atom. The van der Waals surface area contributed by atoms with E-state index in [0.29, 0.717) is 17.9 Å². The monoisotopic (exact) mass is 498 g/mol. The van der Waals surface area contributed by atoms with Crippen molar-refractivity contribution in [2.75, 3.05) is 19.3 Å². The summed E-state index contributed by atoms with van der Waals surface area (Å²) in [6.45, 7) is 4.46. The average molecular weight is 499 g/mol. The Kier molecular flexibility index (Phi) is 8.65. The van der Waals surface area contributed by atoms with Crippen LogP contribution >= 0.6 is 11.8 Å². The molecule has 1 saturated heterocycles. The lowest BCUT2D eigenvalue weighted by Crippen LogP contribution is -2.57. The van der Waals surface area contributed by atoms with Crippen molar-refractivity contribution in [3.05, 3.63) is 35.4 Å². The maximum atomic E-state index is 13.9. The second-order valence-electron chi connectivity index (χ2n) is 10.1. The molecule has 1 aromatic carbocycles.